The van der Waals surface area contributed by atoms with E-state index in [2.05, 4.69) is 15.9 Å². The van der Waals surface area contributed by atoms with Crippen molar-refractivity contribution < 1.29 is 14.2 Å². The molecule has 0 aliphatic rings. The summed E-state index contributed by atoms with van der Waals surface area (Å²) in [4.78, 5) is 0. The van der Waals surface area contributed by atoms with Crippen molar-refractivity contribution in [2.75, 3.05) is 0 Å². The SMILES string of the molecule is OCc1cc(F)cc(Oc2ccc(Cl)cc2Br)c1. The molecule has 2 aromatic carbocycles. The molecule has 0 amide bonds. The summed E-state index contributed by atoms with van der Waals surface area (Å²) >= 11 is 9.12. The standard InChI is InChI=1S/C13H9BrClFO2/c14-12-5-9(15)1-2-13(12)18-11-4-8(7-17)3-10(16)6-11/h1-6,17H,7H2. The average molecular weight is 332 g/mol. The highest BCUT2D eigenvalue weighted by Crippen LogP contribution is 2.32. The quantitative estimate of drug-likeness (QED) is 0.895. The molecule has 2 nitrogen and oxygen atoms in total. The van der Waals surface area contributed by atoms with Crippen molar-refractivity contribution in [3.63, 3.8) is 0 Å². The van der Waals surface area contributed by atoms with E-state index in [1.54, 1.807) is 24.3 Å². The Balaban J connectivity index is 2.30. The minimum absolute atomic E-state index is 0.240. The molecule has 0 saturated heterocycles. The topological polar surface area (TPSA) is 29.5 Å². The molecule has 5 heteroatoms. The van der Waals surface area contributed by atoms with E-state index in [0.29, 0.717) is 26.6 Å². The van der Waals surface area contributed by atoms with Crippen molar-refractivity contribution in [1.29, 1.82) is 0 Å². The lowest BCUT2D eigenvalue weighted by atomic mass is 10.2. The van der Waals surface area contributed by atoms with Crippen molar-refractivity contribution in [2.24, 2.45) is 0 Å². The van der Waals surface area contributed by atoms with Gasteiger partial charge in [-0.25, -0.2) is 4.39 Å². The van der Waals surface area contributed by atoms with E-state index >= 15 is 0 Å². The highest BCUT2D eigenvalue weighted by Gasteiger charge is 2.06. The number of aliphatic hydroxyl groups is 1. The number of benzene rings is 2. The average Bonchev–Trinajstić information content (AvgIpc) is 2.32. The van der Waals surface area contributed by atoms with Crippen LogP contribution in [0.25, 0.3) is 0 Å². The third kappa shape index (κ3) is 3.22. The van der Waals surface area contributed by atoms with E-state index in [-0.39, 0.29) is 6.61 Å². The zero-order valence-corrected chi connectivity index (χ0v) is 11.5. The molecule has 0 fully saturated rings. The molecule has 2 aromatic rings. The van der Waals surface area contributed by atoms with Gasteiger partial charge in [-0.2, -0.15) is 0 Å². The minimum Gasteiger partial charge on any atom is -0.456 e. The Kier molecular flexibility index (Phi) is 4.22. The maximum absolute atomic E-state index is 13.3. The van der Waals surface area contributed by atoms with Gasteiger partial charge in [0.2, 0.25) is 0 Å². The van der Waals surface area contributed by atoms with E-state index < -0.39 is 5.82 Å². The van der Waals surface area contributed by atoms with Gasteiger partial charge in [-0.15, -0.1) is 0 Å². The molecule has 0 atom stereocenters. The Morgan fingerprint density at radius 3 is 2.67 bits per heavy atom. The highest BCUT2D eigenvalue weighted by atomic mass is 79.9. The summed E-state index contributed by atoms with van der Waals surface area (Å²) < 4.78 is 19.5. The second-order valence-corrected chi connectivity index (χ2v) is 4.92. The van der Waals surface area contributed by atoms with E-state index in [0.717, 1.165) is 0 Å². The molecular weight excluding hydrogens is 322 g/mol. The van der Waals surface area contributed by atoms with Crippen LogP contribution in [0, 0.1) is 5.82 Å². The van der Waals surface area contributed by atoms with Gasteiger partial charge in [-0.1, -0.05) is 11.6 Å². The molecule has 0 aliphatic heterocycles. The van der Waals surface area contributed by atoms with Gasteiger partial charge in [0.15, 0.2) is 0 Å². The second-order valence-electron chi connectivity index (χ2n) is 3.63. The van der Waals surface area contributed by atoms with Crippen molar-refractivity contribution in [2.45, 2.75) is 6.61 Å². The molecule has 0 saturated carbocycles. The number of aliphatic hydroxyl groups excluding tert-OH is 1. The van der Waals surface area contributed by atoms with E-state index in [9.17, 15) is 4.39 Å². The molecule has 0 spiro atoms. The lowest BCUT2D eigenvalue weighted by Gasteiger charge is -2.09. The largest absolute Gasteiger partial charge is 0.456 e. The van der Waals surface area contributed by atoms with Crippen molar-refractivity contribution in [3.05, 3.63) is 57.3 Å². The van der Waals surface area contributed by atoms with Crippen molar-refractivity contribution >= 4 is 27.5 Å². The summed E-state index contributed by atoms with van der Waals surface area (Å²) in [5, 5.41) is 9.57. The van der Waals surface area contributed by atoms with Crippen LogP contribution < -0.4 is 4.74 Å². The van der Waals surface area contributed by atoms with Gasteiger partial charge in [0.1, 0.15) is 17.3 Å². The fourth-order valence-corrected chi connectivity index (χ4v) is 2.22. The van der Waals surface area contributed by atoms with Gasteiger partial charge in [0.05, 0.1) is 11.1 Å². The van der Waals surface area contributed by atoms with Crippen LogP contribution in [0.5, 0.6) is 11.5 Å². The van der Waals surface area contributed by atoms with E-state index in [1.807, 2.05) is 0 Å². The molecule has 0 aliphatic carbocycles. The van der Waals surface area contributed by atoms with Crippen LogP contribution in [0.3, 0.4) is 0 Å². The molecule has 0 bridgehead atoms. The lowest BCUT2D eigenvalue weighted by molar-refractivity contribution is 0.280. The zero-order valence-electron chi connectivity index (χ0n) is 9.16. The van der Waals surface area contributed by atoms with Gasteiger partial charge in [-0.05, 0) is 51.8 Å². The first-order chi connectivity index (χ1) is 8.58. The summed E-state index contributed by atoms with van der Waals surface area (Å²) in [7, 11) is 0. The van der Waals surface area contributed by atoms with Crippen LogP contribution in [0.15, 0.2) is 40.9 Å². The van der Waals surface area contributed by atoms with Crippen LogP contribution in [0.2, 0.25) is 5.02 Å². The van der Waals surface area contributed by atoms with Crippen LogP contribution in [-0.2, 0) is 6.61 Å². The monoisotopic (exact) mass is 330 g/mol. The lowest BCUT2D eigenvalue weighted by Crippen LogP contribution is -1.90. The Morgan fingerprint density at radius 1 is 1.22 bits per heavy atom. The third-order valence-electron chi connectivity index (χ3n) is 2.24. The van der Waals surface area contributed by atoms with Gasteiger partial charge >= 0.3 is 0 Å². The van der Waals surface area contributed by atoms with E-state index in [4.69, 9.17) is 21.4 Å². The first kappa shape index (κ1) is 13.3. The van der Waals surface area contributed by atoms with Crippen molar-refractivity contribution in [1.82, 2.24) is 0 Å². The normalized spacial score (nSPS) is 10.4. The predicted molar refractivity (Wildman–Crippen MR) is 71.5 cm³/mol. The molecular formula is C13H9BrClFO2. The van der Waals surface area contributed by atoms with Crippen molar-refractivity contribution in [3.8, 4) is 11.5 Å². The summed E-state index contributed by atoms with van der Waals surface area (Å²) in [6.07, 6.45) is 0. The Bertz CT molecular complexity index is 575. The van der Waals surface area contributed by atoms with Crippen LogP contribution in [0.4, 0.5) is 4.39 Å². The Labute approximate surface area is 117 Å². The molecule has 0 heterocycles. The van der Waals surface area contributed by atoms with E-state index in [1.165, 1.54) is 12.1 Å². The summed E-state index contributed by atoms with van der Waals surface area (Å²) in [5.41, 5.74) is 0.454. The fraction of sp³-hybridized carbons (Fsp3) is 0.0769. The van der Waals surface area contributed by atoms with Gasteiger partial charge in [0.25, 0.3) is 0 Å². The summed E-state index contributed by atoms with van der Waals surface area (Å²) in [6.45, 7) is -0.240. The first-order valence-corrected chi connectivity index (χ1v) is 6.29. The van der Waals surface area contributed by atoms with Crippen LogP contribution in [0.1, 0.15) is 5.56 Å². The maximum Gasteiger partial charge on any atom is 0.141 e. The predicted octanol–water partition coefficient (Wildman–Crippen LogP) is 4.53. The third-order valence-corrected chi connectivity index (χ3v) is 3.09. The molecule has 94 valence electrons. The maximum atomic E-state index is 13.3. The molecule has 0 radical (unpaired) electrons. The summed E-state index contributed by atoms with van der Waals surface area (Å²) in [6, 6.07) is 9.11. The smallest absolute Gasteiger partial charge is 0.141 e. The zero-order chi connectivity index (χ0) is 13.1. The molecule has 1 N–H and O–H groups in total. The number of halogens is 3. The molecule has 18 heavy (non-hydrogen) atoms. The second kappa shape index (κ2) is 5.69. The number of hydrogen-bond donors (Lipinski definition) is 1. The highest BCUT2D eigenvalue weighted by molar-refractivity contribution is 9.10. The minimum atomic E-state index is -0.457. The summed E-state index contributed by atoms with van der Waals surface area (Å²) in [5.74, 6) is 0.387. The molecule has 0 aromatic heterocycles. The number of hydrogen-bond acceptors (Lipinski definition) is 2. The van der Waals surface area contributed by atoms with Crippen LogP contribution >= 0.6 is 27.5 Å². The number of rotatable bonds is 3. The Hall–Kier alpha value is -1.10. The molecule has 2 rings (SSSR count). The van der Waals surface area contributed by atoms with Gasteiger partial charge in [-0.3, -0.25) is 0 Å². The van der Waals surface area contributed by atoms with Crippen LogP contribution in [-0.4, -0.2) is 5.11 Å². The number of ether oxygens (including phenoxy) is 1. The first-order valence-electron chi connectivity index (χ1n) is 5.12. The molecule has 0 unspecified atom stereocenters. The fourth-order valence-electron chi connectivity index (χ4n) is 1.46. The Morgan fingerprint density at radius 2 is 2.00 bits per heavy atom. The van der Waals surface area contributed by atoms with Gasteiger partial charge in [0, 0.05) is 11.1 Å². The van der Waals surface area contributed by atoms with Gasteiger partial charge < -0.3 is 9.84 Å².